The van der Waals surface area contributed by atoms with E-state index in [2.05, 4.69) is 15.6 Å². The summed E-state index contributed by atoms with van der Waals surface area (Å²) in [4.78, 5) is 26.5. The van der Waals surface area contributed by atoms with Crippen LogP contribution in [0.5, 0.6) is 0 Å². The maximum absolute atomic E-state index is 11.6. The Morgan fingerprint density at radius 3 is 2.83 bits per heavy atom. The lowest BCUT2D eigenvalue weighted by Crippen LogP contribution is -2.36. The van der Waals surface area contributed by atoms with Crippen molar-refractivity contribution < 1.29 is 14.7 Å². The zero-order valence-electron chi connectivity index (χ0n) is 9.71. The standard InChI is InChI=1S/C11H13N3O3S/c1-6-5-18-11(12-6)14-10(17)13-8-3-2-7(4-8)9(15)16/h2-3,5,7-8H,4H2,1H3,(H,15,16)(H2,12,13,14,17). The molecule has 0 saturated heterocycles. The molecule has 0 saturated carbocycles. The van der Waals surface area contributed by atoms with Crippen LogP contribution in [0, 0.1) is 12.8 Å². The molecule has 1 aromatic rings. The summed E-state index contributed by atoms with van der Waals surface area (Å²) in [7, 11) is 0. The van der Waals surface area contributed by atoms with Gasteiger partial charge in [0.15, 0.2) is 5.13 Å². The van der Waals surface area contributed by atoms with E-state index in [1.165, 1.54) is 11.3 Å². The van der Waals surface area contributed by atoms with Crippen molar-refractivity contribution in [1.29, 1.82) is 0 Å². The Morgan fingerprint density at radius 1 is 1.50 bits per heavy atom. The van der Waals surface area contributed by atoms with Gasteiger partial charge in [-0.15, -0.1) is 11.3 Å². The van der Waals surface area contributed by atoms with Gasteiger partial charge < -0.3 is 10.4 Å². The number of aromatic nitrogens is 1. The monoisotopic (exact) mass is 267 g/mol. The normalized spacial score (nSPS) is 21.8. The maximum atomic E-state index is 11.6. The van der Waals surface area contributed by atoms with Gasteiger partial charge in [-0.2, -0.15) is 0 Å². The van der Waals surface area contributed by atoms with E-state index in [9.17, 15) is 9.59 Å². The number of carboxylic acids is 1. The number of hydrogen-bond donors (Lipinski definition) is 3. The molecule has 2 unspecified atom stereocenters. The first-order chi connectivity index (χ1) is 8.54. The molecule has 0 aliphatic heterocycles. The minimum atomic E-state index is -0.869. The molecule has 0 aromatic carbocycles. The van der Waals surface area contributed by atoms with E-state index in [0.717, 1.165) is 5.69 Å². The van der Waals surface area contributed by atoms with Crippen LogP contribution < -0.4 is 10.6 Å². The van der Waals surface area contributed by atoms with Crippen molar-refractivity contribution in [3.8, 4) is 0 Å². The number of nitrogens with one attached hydrogen (secondary N) is 2. The number of nitrogens with zero attached hydrogens (tertiary/aromatic N) is 1. The molecule has 2 amide bonds. The fourth-order valence-corrected chi connectivity index (χ4v) is 2.39. The summed E-state index contributed by atoms with van der Waals surface area (Å²) in [5, 5.41) is 16.5. The third kappa shape index (κ3) is 3.07. The number of aliphatic carboxylic acids is 1. The highest BCUT2D eigenvalue weighted by Crippen LogP contribution is 2.18. The Hall–Kier alpha value is -1.89. The number of amides is 2. The third-order valence-electron chi connectivity index (χ3n) is 2.56. The predicted octanol–water partition coefficient (Wildman–Crippen LogP) is 1.60. The summed E-state index contributed by atoms with van der Waals surface area (Å²) in [6.07, 6.45) is 3.69. The topological polar surface area (TPSA) is 91.3 Å². The van der Waals surface area contributed by atoms with E-state index in [0.29, 0.717) is 11.6 Å². The van der Waals surface area contributed by atoms with Gasteiger partial charge in [0, 0.05) is 5.38 Å². The van der Waals surface area contributed by atoms with E-state index < -0.39 is 11.9 Å². The molecule has 7 heteroatoms. The summed E-state index contributed by atoms with van der Waals surface area (Å²) >= 11 is 1.35. The van der Waals surface area contributed by atoms with Crippen molar-refractivity contribution in [2.45, 2.75) is 19.4 Å². The average molecular weight is 267 g/mol. The van der Waals surface area contributed by atoms with Crippen LogP contribution in [0.15, 0.2) is 17.5 Å². The summed E-state index contributed by atoms with van der Waals surface area (Å²) < 4.78 is 0. The Kier molecular flexibility index (Phi) is 3.61. The Labute approximate surface area is 108 Å². The first-order valence-electron chi connectivity index (χ1n) is 5.45. The number of anilines is 1. The van der Waals surface area contributed by atoms with E-state index in [1.54, 1.807) is 12.2 Å². The molecule has 2 atom stereocenters. The van der Waals surface area contributed by atoms with E-state index in [-0.39, 0.29) is 12.1 Å². The number of aryl methyl sites for hydroxylation is 1. The van der Waals surface area contributed by atoms with Crippen LogP contribution >= 0.6 is 11.3 Å². The molecule has 1 heterocycles. The van der Waals surface area contributed by atoms with Gasteiger partial charge >= 0.3 is 12.0 Å². The number of hydrogen-bond acceptors (Lipinski definition) is 4. The third-order valence-corrected chi connectivity index (χ3v) is 3.43. The van der Waals surface area contributed by atoms with Crippen LogP contribution in [-0.4, -0.2) is 28.1 Å². The van der Waals surface area contributed by atoms with Crippen molar-refractivity contribution in [1.82, 2.24) is 10.3 Å². The van der Waals surface area contributed by atoms with Gasteiger partial charge in [0.2, 0.25) is 0 Å². The summed E-state index contributed by atoms with van der Waals surface area (Å²) in [5.41, 5.74) is 0.849. The smallest absolute Gasteiger partial charge is 0.321 e. The minimum Gasteiger partial charge on any atom is -0.481 e. The molecule has 18 heavy (non-hydrogen) atoms. The van der Waals surface area contributed by atoms with Gasteiger partial charge in [0.25, 0.3) is 0 Å². The summed E-state index contributed by atoms with van der Waals surface area (Å²) in [5.74, 6) is -1.39. The number of urea groups is 1. The molecule has 1 aliphatic rings. The molecule has 2 rings (SSSR count). The van der Waals surface area contributed by atoms with E-state index in [1.807, 2.05) is 12.3 Å². The fraction of sp³-hybridized carbons (Fsp3) is 0.364. The highest BCUT2D eigenvalue weighted by molar-refractivity contribution is 7.13. The molecule has 3 N–H and O–H groups in total. The number of rotatable bonds is 3. The highest BCUT2D eigenvalue weighted by Gasteiger charge is 2.25. The van der Waals surface area contributed by atoms with Crippen molar-refractivity contribution in [3.63, 3.8) is 0 Å². The van der Waals surface area contributed by atoms with E-state index >= 15 is 0 Å². The number of carbonyl (C=O) groups excluding carboxylic acids is 1. The Bertz CT molecular complexity index is 497. The highest BCUT2D eigenvalue weighted by atomic mass is 32.1. The average Bonchev–Trinajstić information content (AvgIpc) is 2.88. The lowest BCUT2D eigenvalue weighted by molar-refractivity contribution is -0.140. The number of carbonyl (C=O) groups is 2. The second kappa shape index (κ2) is 5.18. The van der Waals surface area contributed by atoms with Crippen molar-refractivity contribution in [2.75, 3.05) is 5.32 Å². The second-order valence-electron chi connectivity index (χ2n) is 4.06. The first-order valence-corrected chi connectivity index (χ1v) is 6.33. The SMILES string of the molecule is Cc1csc(NC(=O)NC2C=CC(C(=O)O)C2)n1. The van der Waals surface area contributed by atoms with Gasteiger partial charge in [-0.1, -0.05) is 12.2 Å². The lowest BCUT2D eigenvalue weighted by Gasteiger charge is -2.11. The van der Waals surface area contributed by atoms with Gasteiger partial charge in [-0.25, -0.2) is 9.78 Å². The molecule has 1 aliphatic carbocycles. The van der Waals surface area contributed by atoms with Gasteiger partial charge in [0.1, 0.15) is 0 Å². The predicted molar refractivity (Wildman–Crippen MR) is 67.7 cm³/mol. The number of thiazole rings is 1. The minimum absolute atomic E-state index is 0.243. The molecular formula is C11H13N3O3S. The van der Waals surface area contributed by atoms with Crippen LogP contribution in [-0.2, 0) is 4.79 Å². The van der Waals surface area contributed by atoms with Crippen LogP contribution in [0.3, 0.4) is 0 Å². The van der Waals surface area contributed by atoms with Crippen LogP contribution in [0.4, 0.5) is 9.93 Å². The fourth-order valence-electron chi connectivity index (χ4n) is 1.70. The molecule has 1 aromatic heterocycles. The largest absolute Gasteiger partial charge is 0.481 e. The van der Waals surface area contributed by atoms with Gasteiger partial charge in [-0.3, -0.25) is 10.1 Å². The molecule has 96 valence electrons. The van der Waals surface area contributed by atoms with Crippen molar-refractivity contribution >= 4 is 28.5 Å². The second-order valence-corrected chi connectivity index (χ2v) is 4.92. The molecule has 0 spiro atoms. The van der Waals surface area contributed by atoms with Crippen LogP contribution in [0.1, 0.15) is 12.1 Å². The molecular weight excluding hydrogens is 254 g/mol. The van der Waals surface area contributed by atoms with Gasteiger partial charge in [0.05, 0.1) is 17.7 Å². The zero-order chi connectivity index (χ0) is 13.1. The first kappa shape index (κ1) is 12.6. The van der Waals surface area contributed by atoms with Crippen LogP contribution in [0.2, 0.25) is 0 Å². The summed E-state index contributed by atoms with van der Waals surface area (Å²) in [6.45, 7) is 1.84. The quantitative estimate of drug-likeness (QED) is 0.725. The Balaban J connectivity index is 1.82. The lowest BCUT2D eigenvalue weighted by atomic mass is 10.1. The van der Waals surface area contributed by atoms with Gasteiger partial charge in [-0.05, 0) is 13.3 Å². The molecule has 0 fully saturated rings. The van der Waals surface area contributed by atoms with Crippen molar-refractivity contribution in [2.24, 2.45) is 5.92 Å². The molecule has 0 bridgehead atoms. The Morgan fingerprint density at radius 2 is 2.28 bits per heavy atom. The summed E-state index contributed by atoms with van der Waals surface area (Å²) in [6, 6.07) is -0.614. The van der Waals surface area contributed by atoms with Crippen LogP contribution in [0.25, 0.3) is 0 Å². The number of carboxylic acid groups (broad SMARTS) is 1. The molecule has 6 nitrogen and oxygen atoms in total. The van der Waals surface area contributed by atoms with E-state index in [4.69, 9.17) is 5.11 Å². The zero-order valence-corrected chi connectivity index (χ0v) is 10.5. The molecule has 0 radical (unpaired) electrons. The maximum Gasteiger partial charge on any atom is 0.321 e. The van der Waals surface area contributed by atoms with Crippen molar-refractivity contribution in [3.05, 3.63) is 23.2 Å².